The number of alkyl halides is 2. The zero-order valence-corrected chi connectivity index (χ0v) is 16.9. The van der Waals surface area contributed by atoms with Crippen LogP contribution in [0, 0.1) is 5.92 Å². The van der Waals surface area contributed by atoms with Crippen LogP contribution in [0.3, 0.4) is 0 Å². The first-order chi connectivity index (χ1) is 14.4. The van der Waals surface area contributed by atoms with E-state index >= 15 is 0 Å². The molecule has 0 spiro atoms. The van der Waals surface area contributed by atoms with Crippen LogP contribution in [0.5, 0.6) is 0 Å². The highest BCUT2D eigenvalue weighted by Crippen LogP contribution is 2.41. The van der Waals surface area contributed by atoms with Gasteiger partial charge in [-0.15, -0.1) is 0 Å². The van der Waals surface area contributed by atoms with E-state index in [4.69, 9.17) is 16.3 Å². The van der Waals surface area contributed by atoms with Gasteiger partial charge in [-0.2, -0.15) is 5.10 Å². The van der Waals surface area contributed by atoms with Crippen molar-refractivity contribution < 1.29 is 18.3 Å². The number of halogens is 3. The number of amides is 1. The van der Waals surface area contributed by atoms with Crippen molar-refractivity contribution in [3.05, 3.63) is 65.1 Å². The molecular formula is C21H21ClF2N4O2. The van der Waals surface area contributed by atoms with Crippen LogP contribution in [-0.4, -0.2) is 26.6 Å². The molecule has 0 unspecified atom stereocenters. The van der Waals surface area contributed by atoms with Crippen molar-refractivity contribution in [3.63, 3.8) is 0 Å². The fraction of sp³-hybridized carbons (Fsp3) is 0.381. The number of nitrogens with zero attached hydrogens (tertiary/aromatic N) is 3. The van der Waals surface area contributed by atoms with Gasteiger partial charge in [0.05, 0.1) is 17.9 Å². The molecule has 1 aliphatic rings. The molecule has 6 nitrogen and oxygen atoms in total. The number of alkyl carbamates (subject to hydrolysis) is 1. The Balaban J connectivity index is 1.52. The topological polar surface area (TPSA) is 68.5 Å². The number of aromatic nitrogens is 3. The largest absolute Gasteiger partial charge is 0.445 e. The van der Waals surface area contributed by atoms with Crippen LogP contribution in [0.2, 0.25) is 5.15 Å². The summed E-state index contributed by atoms with van der Waals surface area (Å²) in [7, 11) is 0. The molecule has 1 saturated carbocycles. The molecule has 158 valence electrons. The van der Waals surface area contributed by atoms with E-state index in [0.29, 0.717) is 16.5 Å². The Bertz CT molecular complexity index is 1020. The monoisotopic (exact) mass is 434 g/mol. The minimum atomic E-state index is -2.66. The summed E-state index contributed by atoms with van der Waals surface area (Å²) in [5, 5.41) is 7.29. The van der Waals surface area contributed by atoms with Crippen molar-refractivity contribution in [1.82, 2.24) is 19.9 Å². The summed E-state index contributed by atoms with van der Waals surface area (Å²) >= 11 is 5.94. The van der Waals surface area contributed by atoms with Crippen LogP contribution in [0.4, 0.5) is 13.6 Å². The molecule has 1 atom stereocenters. The highest BCUT2D eigenvalue weighted by Gasteiger charge is 2.39. The molecule has 1 fully saturated rings. The summed E-state index contributed by atoms with van der Waals surface area (Å²) in [6.45, 7) is 0.116. The maximum absolute atomic E-state index is 13.7. The van der Waals surface area contributed by atoms with Crippen LogP contribution in [-0.2, 0) is 11.3 Å². The lowest BCUT2D eigenvalue weighted by molar-refractivity contribution is -0.0497. The minimum Gasteiger partial charge on any atom is -0.445 e. The highest BCUT2D eigenvalue weighted by atomic mass is 35.5. The molecule has 3 aromatic rings. The Morgan fingerprint density at radius 2 is 1.97 bits per heavy atom. The van der Waals surface area contributed by atoms with E-state index in [1.54, 1.807) is 18.3 Å². The third-order valence-electron chi connectivity index (χ3n) is 5.34. The molecule has 0 radical (unpaired) electrons. The molecule has 1 aromatic carbocycles. The quantitative estimate of drug-likeness (QED) is 0.601. The number of imidazole rings is 1. The Morgan fingerprint density at radius 3 is 2.70 bits per heavy atom. The van der Waals surface area contributed by atoms with Crippen LogP contribution in [0.25, 0.3) is 5.65 Å². The molecule has 0 aliphatic heterocycles. The first kappa shape index (κ1) is 20.5. The van der Waals surface area contributed by atoms with E-state index in [0.717, 1.165) is 5.56 Å². The van der Waals surface area contributed by atoms with Gasteiger partial charge in [0.15, 0.2) is 5.65 Å². The van der Waals surface area contributed by atoms with Crippen LogP contribution >= 0.6 is 11.6 Å². The van der Waals surface area contributed by atoms with Crippen molar-refractivity contribution in [2.75, 3.05) is 0 Å². The predicted molar refractivity (Wildman–Crippen MR) is 107 cm³/mol. The number of rotatable bonds is 5. The minimum absolute atomic E-state index is 0.116. The van der Waals surface area contributed by atoms with Gasteiger partial charge < -0.3 is 10.1 Å². The van der Waals surface area contributed by atoms with Crippen molar-refractivity contribution in [2.45, 2.75) is 44.3 Å². The number of fused-ring (bicyclic) bond motifs is 1. The lowest BCUT2D eigenvalue weighted by Gasteiger charge is -2.33. The fourth-order valence-electron chi connectivity index (χ4n) is 3.75. The number of carbonyl (C=O) groups is 1. The zero-order chi connectivity index (χ0) is 21.1. The number of benzene rings is 1. The SMILES string of the molecule is O=C(N[C@H](c1cn2nc(Cl)ccc2n1)C1CCC(F)(F)CC1)OCc1ccccc1. The maximum Gasteiger partial charge on any atom is 0.408 e. The van der Waals surface area contributed by atoms with Crippen molar-refractivity contribution in [1.29, 1.82) is 0 Å². The van der Waals surface area contributed by atoms with Gasteiger partial charge >= 0.3 is 6.09 Å². The van der Waals surface area contributed by atoms with Gasteiger partial charge in [0.2, 0.25) is 5.92 Å². The Labute approximate surface area is 177 Å². The fourth-order valence-corrected chi connectivity index (χ4v) is 3.89. The number of ether oxygens (including phenoxy) is 1. The van der Waals surface area contributed by atoms with E-state index in [-0.39, 0.29) is 38.2 Å². The van der Waals surface area contributed by atoms with E-state index in [1.807, 2.05) is 30.3 Å². The normalized spacial score (nSPS) is 17.6. The Morgan fingerprint density at radius 1 is 1.23 bits per heavy atom. The number of hydrogen-bond acceptors (Lipinski definition) is 4. The summed E-state index contributed by atoms with van der Waals surface area (Å²) in [5.41, 5.74) is 1.95. The molecule has 1 aliphatic carbocycles. The second-order valence-corrected chi connectivity index (χ2v) is 7.89. The smallest absolute Gasteiger partial charge is 0.408 e. The molecule has 0 bridgehead atoms. The van der Waals surface area contributed by atoms with Gasteiger partial charge in [-0.1, -0.05) is 41.9 Å². The lowest BCUT2D eigenvalue weighted by Crippen LogP contribution is -2.37. The first-order valence-corrected chi connectivity index (χ1v) is 10.1. The van der Waals surface area contributed by atoms with Gasteiger partial charge in [0, 0.05) is 12.8 Å². The second-order valence-electron chi connectivity index (χ2n) is 7.50. The molecule has 30 heavy (non-hydrogen) atoms. The maximum atomic E-state index is 13.7. The van der Waals surface area contributed by atoms with Crippen LogP contribution in [0.1, 0.15) is 43.0 Å². The zero-order valence-electron chi connectivity index (χ0n) is 16.1. The molecule has 0 saturated heterocycles. The second kappa shape index (κ2) is 8.55. The molecule has 2 heterocycles. The molecular weight excluding hydrogens is 414 g/mol. The van der Waals surface area contributed by atoms with Gasteiger partial charge in [-0.3, -0.25) is 0 Å². The number of hydrogen-bond donors (Lipinski definition) is 1. The summed E-state index contributed by atoms with van der Waals surface area (Å²) in [5.74, 6) is -2.85. The molecule has 4 rings (SSSR count). The van der Waals surface area contributed by atoms with Gasteiger partial charge in [-0.05, 0) is 36.5 Å². The molecule has 9 heteroatoms. The van der Waals surface area contributed by atoms with E-state index in [2.05, 4.69) is 15.4 Å². The van der Waals surface area contributed by atoms with E-state index < -0.39 is 18.1 Å². The van der Waals surface area contributed by atoms with Crippen molar-refractivity contribution >= 4 is 23.3 Å². The Hall–Kier alpha value is -2.74. The van der Waals surface area contributed by atoms with Gasteiger partial charge in [-0.25, -0.2) is 23.1 Å². The van der Waals surface area contributed by atoms with E-state index in [1.165, 1.54) is 4.52 Å². The molecule has 2 aromatic heterocycles. The summed E-state index contributed by atoms with van der Waals surface area (Å²) in [6, 6.07) is 12.1. The first-order valence-electron chi connectivity index (χ1n) is 9.76. The molecule has 1 amide bonds. The predicted octanol–water partition coefficient (Wildman–Crippen LogP) is 5.18. The van der Waals surface area contributed by atoms with Gasteiger partial charge in [0.25, 0.3) is 0 Å². The van der Waals surface area contributed by atoms with Crippen LogP contribution < -0.4 is 5.32 Å². The summed E-state index contributed by atoms with van der Waals surface area (Å²) in [6.07, 6.45) is 1.16. The van der Waals surface area contributed by atoms with Gasteiger partial charge in [0.1, 0.15) is 11.8 Å². The van der Waals surface area contributed by atoms with E-state index in [9.17, 15) is 13.6 Å². The Kier molecular flexibility index (Phi) is 5.85. The summed E-state index contributed by atoms with van der Waals surface area (Å²) < 4.78 is 34.2. The molecule has 1 N–H and O–H groups in total. The van der Waals surface area contributed by atoms with Crippen LogP contribution in [0.15, 0.2) is 48.7 Å². The lowest BCUT2D eigenvalue weighted by atomic mass is 9.81. The van der Waals surface area contributed by atoms with Crippen molar-refractivity contribution in [3.8, 4) is 0 Å². The number of carbonyl (C=O) groups excluding carboxylic acids is 1. The average Bonchev–Trinajstić information content (AvgIpc) is 3.14. The standard InChI is InChI=1S/C21H21ClF2N4O2/c22-17-6-7-18-25-16(12-28(18)27-17)19(15-8-10-21(23,24)11-9-15)26-20(29)30-13-14-4-2-1-3-5-14/h1-7,12,15,19H,8-11,13H2,(H,26,29)/t19-/m0/s1. The van der Waals surface area contributed by atoms with Crippen molar-refractivity contribution in [2.24, 2.45) is 5.92 Å². The highest BCUT2D eigenvalue weighted by molar-refractivity contribution is 6.29. The summed E-state index contributed by atoms with van der Waals surface area (Å²) in [4.78, 5) is 17.0. The number of nitrogens with one attached hydrogen (secondary N) is 1. The average molecular weight is 435 g/mol. The third-order valence-corrected chi connectivity index (χ3v) is 5.55. The third kappa shape index (κ3) is 4.87.